The summed E-state index contributed by atoms with van der Waals surface area (Å²) in [5, 5.41) is 3.12. The molecule has 2 N–H and O–H groups in total. The molecule has 0 atom stereocenters. The van der Waals surface area contributed by atoms with Crippen molar-refractivity contribution in [1.29, 1.82) is 0 Å². The van der Waals surface area contributed by atoms with Gasteiger partial charge >= 0.3 is 6.18 Å². The highest BCUT2D eigenvalue weighted by Gasteiger charge is 2.31. The number of alkyl halides is 3. The first-order valence-corrected chi connectivity index (χ1v) is 8.01. The summed E-state index contributed by atoms with van der Waals surface area (Å²) in [5.74, 6) is 0. The average molecular weight is 324 g/mol. The summed E-state index contributed by atoms with van der Waals surface area (Å²) in [7, 11) is -3.92. The van der Waals surface area contributed by atoms with Crippen LogP contribution in [0, 0.1) is 0 Å². The number of sulfonamides is 1. The summed E-state index contributed by atoms with van der Waals surface area (Å²) < 4.78 is 63.8. The lowest BCUT2D eigenvalue weighted by molar-refractivity contribution is -0.137. The minimum Gasteiger partial charge on any atom is -0.314 e. The predicted molar refractivity (Wildman–Crippen MR) is 74.4 cm³/mol. The maximum atomic E-state index is 12.6. The van der Waals surface area contributed by atoms with Gasteiger partial charge in [0.15, 0.2) is 0 Å². The molecule has 0 amide bonds. The van der Waals surface area contributed by atoms with Crippen molar-refractivity contribution in [2.75, 3.05) is 13.1 Å². The largest absolute Gasteiger partial charge is 0.416 e. The Morgan fingerprint density at radius 1 is 1.19 bits per heavy atom. The molecule has 0 aromatic heterocycles. The van der Waals surface area contributed by atoms with Gasteiger partial charge in [-0.25, -0.2) is 13.1 Å². The number of hydrogen-bond donors (Lipinski definition) is 2. The van der Waals surface area contributed by atoms with Gasteiger partial charge in [0.25, 0.3) is 0 Å². The Labute approximate surface area is 122 Å². The highest BCUT2D eigenvalue weighted by atomic mass is 32.2. The molecule has 21 heavy (non-hydrogen) atoms. The summed E-state index contributed by atoms with van der Waals surface area (Å²) in [6.07, 6.45) is -4.01. The van der Waals surface area contributed by atoms with Crippen molar-refractivity contribution >= 4 is 10.0 Å². The Morgan fingerprint density at radius 2 is 1.86 bits per heavy atom. The van der Waals surface area contributed by atoms with Crippen molar-refractivity contribution in [2.24, 2.45) is 0 Å². The highest BCUT2D eigenvalue weighted by Crippen LogP contribution is 2.30. The van der Waals surface area contributed by atoms with Crippen molar-refractivity contribution in [3.8, 4) is 0 Å². The number of benzene rings is 1. The summed E-state index contributed by atoms with van der Waals surface area (Å²) in [6, 6.07) is 3.99. The van der Waals surface area contributed by atoms with Gasteiger partial charge in [0.1, 0.15) is 0 Å². The van der Waals surface area contributed by atoms with Crippen molar-refractivity contribution in [3.63, 3.8) is 0 Å². The normalized spacial score (nSPS) is 12.9. The van der Waals surface area contributed by atoms with E-state index >= 15 is 0 Å². The van der Waals surface area contributed by atoms with E-state index in [4.69, 9.17) is 0 Å². The molecule has 0 saturated carbocycles. The van der Waals surface area contributed by atoms with Crippen LogP contribution in [0.15, 0.2) is 29.2 Å². The fourth-order valence-corrected chi connectivity index (χ4v) is 2.73. The third-order valence-corrected chi connectivity index (χ3v) is 4.13. The molecule has 1 rings (SSSR count). The van der Waals surface area contributed by atoms with Crippen LogP contribution < -0.4 is 10.0 Å². The lowest BCUT2D eigenvalue weighted by Gasteiger charge is -2.11. The van der Waals surface area contributed by atoms with Gasteiger partial charge in [-0.05, 0) is 31.2 Å². The molecule has 0 heterocycles. The van der Waals surface area contributed by atoms with Gasteiger partial charge in [-0.2, -0.15) is 13.2 Å². The Morgan fingerprint density at radius 3 is 2.43 bits per heavy atom. The van der Waals surface area contributed by atoms with Gasteiger partial charge in [-0.1, -0.05) is 19.9 Å². The van der Waals surface area contributed by atoms with Crippen LogP contribution in [-0.2, 0) is 16.2 Å². The zero-order chi connectivity index (χ0) is 16.1. The van der Waals surface area contributed by atoms with Crippen molar-refractivity contribution in [1.82, 2.24) is 10.0 Å². The van der Waals surface area contributed by atoms with Crippen LogP contribution in [0.2, 0.25) is 0 Å². The van der Waals surface area contributed by atoms with Crippen LogP contribution in [0.5, 0.6) is 0 Å². The molecule has 0 aliphatic heterocycles. The molecule has 8 heteroatoms. The lowest BCUT2D eigenvalue weighted by Crippen LogP contribution is -2.29. The Hall–Kier alpha value is -1.12. The fraction of sp³-hybridized carbons (Fsp3) is 0.538. The maximum Gasteiger partial charge on any atom is 0.416 e. The summed E-state index contributed by atoms with van der Waals surface area (Å²) >= 11 is 0. The van der Waals surface area contributed by atoms with Gasteiger partial charge in [-0.15, -0.1) is 0 Å². The third kappa shape index (κ3) is 6.03. The van der Waals surface area contributed by atoms with E-state index in [0.717, 1.165) is 18.2 Å². The average Bonchev–Trinajstić information content (AvgIpc) is 2.37. The molecule has 0 aliphatic carbocycles. The van der Waals surface area contributed by atoms with Gasteiger partial charge in [-0.3, -0.25) is 0 Å². The van der Waals surface area contributed by atoms with Crippen molar-refractivity contribution < 1.29 is 21.6 Å². The summed E-state index contributed by atoms with van der Waals surface area (Å²) in [6.45, 7) is 4.72. The minimum absolute atomic E-state index is 0.165. The molecule has 0 saturated heterocycles. The topological polar surface area (TPSA) is 58.2 Å². The molecular weight excluding hydrogens is 305 g/mol. The molecule has 0 aliphatic rings. The van der Waals surface area contributed by atoms with E-state index in [1.807, 2.05) is 13.8 Å². The third-order valence-electron chi connectivity index (χ3n) is 2.67. The van der Waals surface area contributed by atoms with E-state index in [2.05, 4.69) is 10.0 Å². The first kappa shape index (κ1) is 17.9. The van der Waals surface area contributed by atoms with E-state index in [0.29, 0.717) is 25.1 Å². The van der Waals surface area contributed by atoms with Crippen LogP contribution in [-0.4, -0.2) is 27.5 Å². The summed E-state index contributed by atoms with van der Waals surface area (Å²) in [4.78, 5) is -0.380. The Kier molecular flexibility index (Phi) is 6.18. The van der Waals surface area contributed by atoms with E-state index in [1.165, 1.54) is 0 Å². The van der Waals surface area contributed by atoms with Crippen LogP contribution >= 0.6 is 0 Å². The van der Waals surface area contributed by atoms with Crippen molar-refractivity contribution in [2.45, 2.75) is 37.4 Å². The molecule has 120 valence electrons. The summed E-state index contributed by atoms with van der Waals surface area (Å²) in [5.41, 5.74) is -0.980. The van der Waals surface area contributed by atoms with Crippen LogP contribution in [0.3, 0.4) is 0 Å². The lowest BCUT2D eigenvalue weighted by atomic mass is 10.2. The fourth-order valence-electron chi connectivity index (χ4n) is 1.61. The first-order valence-electron chi connectivity index (χ1n) is 6.53. The second kappa shape index (κ2) is 7.24. The molecule has 0 radical (unpaired) electrons. The van der Waals surface area contributed by atoms with Gasteiger partial charge < -0.3 is 5.32 Å². The number of halogens is 3. The second-order valence-corrected chi connectivity index (χ2v) is 6.65. The molecular formula is C13H19F3N2O2S. The SMILES string of the molecule is CC(C)NCCCNS(=O)(=O)c1cccc(C(F)(F)F)c1. The number of rotatable bonds is 7. The quantitative estimate of drug-likeness (QED) is 0.757. The second-order valence-electron chi connectivity index (χ2n) is 4.89. The van der Waals surface area contributed by atoms with E-state index in [1.54, 1.807) is 0 Å². The van der Waals surface area contributed by atoms with Gasteiger partial charge in [0, 0.05) is 12.6 Å². The molecule has 1 aromatic carbocycles. The Bertz CT molecular complexity index is 557. The van der Waals surface area contributed by atoms with E-state index in [9.17, 15) is 21.6 Å². The van der Waals surface area contributed by atoms with Crippen LogP contribution in [0.4, 0.5) is 13.2 Å². The molecule has 0 unspecified atom stereocenters. The standard InChI is InChI=1S/C13H19F3N2O2S/c1-10(2)17-7-4-8-18-21(19,20)12-6-3-5-11(9-12)13(14,15)16/h3,5-6,9-10,17-18H,4,7-8H2,1-2H3. The zero-order valence-corrected chi connectivity index (χ0v) is 12.7. The maximum absolute atomic E-state index is 12.6. The van der Waals surface area contributed by atoms with Crippen LogP contribution in [0.1, 0.15) is 25.8 Å². The molecule has 1 aromatic rings. The predicted octanol–water partition coefficient (Wildman–Crippen LogP) is 2.37. The number of nitrogens with one attached hydrogen (secondary N) is 2. The van der Waals surface area contributed by atoms with E-state index < -0.39 is 21.8 Å². The molecule has 0 fully saturated rings. The smallest absolute Gasteiger partial charge is 0.314 e. The zero-order valence-electron chi connectivity index (χ0n) is 11.9. The molecule has 0 spiro atoms. The van der Waals surface area contributed by atoms with Gasteiger partial charge in [0.2, 0.25) is 10.0 Å². The van der Waals surface area contributed by atoms with E-state index in [-0.39, 0.29) is 11.4 Å². The minimum atomic E-state index is -4.56. The molecule has 4 nitrogen and oxygen atoms in total. The highest BCUT2D eigenvalue weighted by molar-refractivity contribution is 7.89. The monoisotopic (exact) mass is 324 g/mol. The number of hydrogen-bond acceptors (Lipinski definition) is 3. The van der Waals surface area contributed by atoms with Crippen molar-refractivity contribution in [3.05, 3.63) is 29.8 Å². The molecule has 0 bridgehead atoms. The first-order chi connectivity index (χ1) is 9.63. The Balaban J connectivity index is 2.66. The van der Waals surface area contributed by atoms with Crippen LogP contribution in [0.25, 0.3) is 0 Å². The van der Waals surface area contributed by atoms with Gasteiger partial charge in [0.05, 0.1) is 10.5 Å².